The van der Waals surface area contributed by atoms with Crippen LogP contribution in [0, 0.1) is 14.9 Å². The number of hydrogen-bond donors (Lipinski definition) is 2. The minimum atomic E-state index is -0.606. The molecule has 2 aromatic rings. The first-order valence-electron chi connectivity index (χ1n) is 6.24. The second-order valence-corrected chi connectivity index (χ2v) is 4.73. The number of non-ortho nitro benzene ring substituents is 1. The van der Waals surface area contributed by atoms with Gasteiger partial charge in [-0.05, 0) is 25.2 Å². The van der Waals surface area contributed by atoms with Gasteiger partial charge < -0.3 is 14.8 Å². The minimum absolute atomic E-state index is 0.0798. The molecule has 10 heteroatoms. The molecule has 2 N–H and O–H groups in total. The number of nitro groups is 1. The van der Waals surface area contributed by atoms with Gasteiger partial charge in [0.25, 0.3) is 5.69 Å². The van der Waals surface area contributed by atoms with Crippen molar-refractivity contribution in [1.82, 2.24) is 9.13 Å². The molecule has 0 amide bonds. The molecule has 0 aliphatic rings. The number of azo groups is 1. The number of hydrogen-bond acceptors (Lipinski definition) is 7. The molecule has 0 bridgehead atoms. The highest BCUT2D eigenvalue weighted by Crippen LogP contribution is 2.34. The van der Waals surface area contributed by atoms with Crippen LogP contribution in [-0.2, 0) is 13.6 Å². The van der Waals surface area contributed by atoms with E-state index in [1.807, 2.05) is 6.92 Å². The third-order valence-corrected chi connectivity index (χ3v) is 3.52. The first-order valence-corrected chi connectivity index (χ1v) is 6.65. The van der Waals surface area contributed by atoms with Gasteiger partial charge in [0.05, 0.1) is 4.92 Å². The number of phenols is 1. The van der Waals surface area contributed by atoms with Crippen LogP contribution >= 0.6 is 12.2 Å². The van der Waals surface area contributed by atoms with Gasteiger partial charge in [-0.15, -0.1) is 10.2 Å². The van der Waals surface area contributed by atoms with Crippen molar-refractivity contribution in [2.75, 3.05) is 0 Å². The average molecular weight is 323 g/mol. The lowest BCUT2D eigenvalue weighted by Crippen LogP contribution is -1.94. The summed E-state index contributed by atoms with van der Waals surface area (Å²) >= 11 is 5.14. The van der Waals surface area contributed by atoms with E-state index in [1.165, 1.54) is 9.13 Å². The monoisotopic (exact) mass is 323 g/mol. The molecule has 0 unspecified atom stereocenters. The Hall–Kier alpha value is -2.75. The lowest BCUT2D eigenvalue weighted by atomic mass is 10.2. The third kappa shape index (κ3) is 2.68. The summed E-state index contributed by atoms with van der Waals surface area (Å²) in [6.07, 6.45) is 0. The van der Waals surface area contributed by atoms with E-state index in [-0.39, 0.29) is 28.8 Å². The van der Waals surface area contributed by atoms with Crippen molar-refractivity contribution in [3.05, 3.63) is 33.1 Å². The van der Waals surface area contributed by atoms with Crippen LogP contribution in [0.5, 0.6) is 11.6 Å². The zero-order valence-corrected chi connectivity index (χ0v) is 12.6. The highest BCUT2D eigenvalue weighted by Gasteiger charge is 2.14. The summed E-state index contributed by atoms with van der Waals surface area (Å²) in [5, 5.41) is 38.0. The van der Waals surface area contributed by atoms with Crippen molar-refractivity contribution >= 4 is 29.4 Å². The topological polar surface area (TPSA) is 118 Å². The van der Waals surface area contributed by atoms with E-state index in [0.717, 1.165) is 18.2 Å². The molecule has 0 atom stereocenters. The van der Waals surface area contributed by atoms with Crippen LogP contribution in [0.4, 0.5) is 17.2 Å². The van der Waals surface area contributed by atoms with Crippen molar-refractivity contribution in [1.29, 1.82) is 0 Å². The molecule has 0 spiro atoms. The Kier molecular flexibility index (Phi) is 4.22. The van der Waals surface area contributed by atoms with Crippen LogP contribution in [0.1, 0.15) is 6.92 Å². The van der Waals surface area contributed by atoms with Crippen LogP contribution in [0.15, 0.2) is 28.4 Å². The number of nitro benzene ring substituents is 1. The molecule has 1 aromatic heterocycles. The number of aromatic nitrogens is 2. The van der Waals surface area contributed by atoms with Crippen molar-refractivity contribution < 1.29 is 15.1 Å². The number of benzene rings is 1. The quantitative estimate of drug-likeness (QED) is 0.387. The van der Waals surface area contributed by atoms with Gasteiger partial charge in [0.2, 0.25) is 11.7 Å². The van der Waals surface area contributed by atoms with Gasteiger partial charge >= 0.3 is 0 Å². The summed E-state index contributed by atoms with van der Waals surface area (Å²) in [6.45, 7) is 2.26. The highest BCUT2D eigenvalue weighted by molar-refractivity contribution is 7.71. The second-order valence-electron chi connectivity index (χ2n) is 4.36. The molecule has 0 aliphatic heterocycles. The molecule has 1 heterocycles. The zero-order chi connectivity index (χ0) is 16.4. The van der Waals surface area contributed by atoms with E-state index in [4.69, 9.17) is 12.2 Å². The number of rotatable bonds is 4. The van der Waals surface area contributed by atoms with Crippen molar-refractivity contribution in [3.63, 3.8) is 0 Å². The predicted molar refractivity (Wildman–Crippen MR) is 80.5 cm³/mol. The molecule has 0 fully saturated rings. The largest absolute Gasteiger partial charge is 0.506 e. The van der Waals surface area contributed by atoms with Crippen molar-refractivity contribution in [2.45, 2.75) is 13.5 Å². The first kappa shape index (κ1) is 15.6. The van der Waals surface area contributed by atoms with Gasteiger partial charge in [0, 0.05) is 25.7 Å². The molecule has 22 heavy (non-hydrogen) atoms. The predicted octanol–water partition coefficient (Wildman–Crippen LogP) is 3.31. The Labute approximate surface area is 129 Å². The normalized spacial score (nSPS) is 11.2. The summed E-state index contributed by atoms with van der Waals surface area (Å²) in [5.74, 6) is -0.327. The Morgan fingerprint density at radius 3 is 2.59 bits per heavy atom. The van der Waals surface area contributed by atoms with E-state index in [1.54, 1.807) is 7.05 Å². The SMILES string of the molecule is CCn1c(O)c(N=Nc2cc([N+](=O)[O-])ccc2O)n(C)c1=S. The fourth-order valence-corrected chi connectivity index (χ4v) is 2.14. The average Bonchev–Trinajstić information content (AvgIpc) is 2.68. The molecular weight excluding hydrogens is 310 g/mol. The van der Waals surface area contributed by atoms with E-state index < -0.39 is 4.92 Å². The smallest absolute Gasteiger partial charge is 0.271 e. The molecule has 0 saturated carbocycles. The number of aromatic hydroxyl groups is 2. The van der Waals surface area contributed by atoms with Crippen LogP contribution < -0.4 is 0 Å². The van der Waals surface area contributed by atoms with Gasteiger partial charge in [-0.2, -0.15) is 0 Å². The van der Waals surface area contributed by atoms with Crippen LogP contribution in [0.3, 0.4) is 0 Å². The highest BCUT2D eigenvalue weighted by atomic mass is 32.1. The minimum Gasteiger partial charge on any atom is -0.506 e. The summed E-state index contributed by atoms with van der Waals surface area (Å²) in [7, 11) is 1.61. The molecule has 116 valence electrons. The summed E-state index contributed by atoms with van der Waals surface area (Å²) in [4.78, 5) is 10.1. The molecule has 0 aliphatic carbocycles. The van der Waals surface area contributed by atoms with Crippen molar-refractivity contribution in [2.24, 2.45) is 17.3 Å². The fraction of sp³-hybridized carbons (Fsp3) is 0.250. The van der Waals surface area contributed by atoms with Gasteiger partial charge in [-0.3, -0.25) is 14.7 Å². The lowest BCUT2D eigenvalue weighted by Gasteiger charge is -1.99. The summed E-state index contributed by atoms with van der Waals surface area (Å²) < 4.78 is 3.26. The first-order chi connectivity index (χ1) is 10.4. The molecule has 0 radical (unpaired) electrons. The van der Waals surface area contributed by atoms with Crippen LogP contribution in [0.25, 0.3) is 0 Å². The maximum absolute atomic E-state index is 10.7. The van der Waals surface area contributed by atoms with E-state index in [2.05, 4.69) is 10.2 Å². The second kappa shape index (κ2) is 5.93. The van der Waals surface area contributed by atoms with E-state index in [0.29, 0.717) is 11.3 Å². The van der Waals surface area contributed by atoms with Gasteiger partial charge in [-0.1, -0.05) is 0 Å². The maximum atomic E-state index is 10.7. The van der Waals surface area contributed by atoms with Gasteiger partial charge in [-0.25, -0.2) is 0 Å². The molecule has 9 nitrogen and oxygen atoms in total. The van der Waals surface area contributed by atoms with Gasteiger partial charge in [0.15, 0.2) is 4.77 Å². The Bertz CT molecular complexity index is 824. The Morgan fingerprint density at radius 2 is 2.05 bits per heavy atom. The van der Waals surface area contributed by atoms with Crippen LogP contribution in [0.2, 0.25) is 0 Å². The Balaban J connectivity index is 2.48. The zero-order valence-electron chi connectivity index (χ0n) is 11.8. The number of nitrogens with zero attached hydrogens (tertiary/aromatic N) is 5. The van der Waals surface area contributed by atoms with Crippen LogP contribution in [-0.4, -0.2) is 24.3 Å². The third-order valence-electron chi connectivity index (χ3n) is 3.03. The number of phenolic OH excluding ortho intramolecular Hbond substituents is 1. The molecule has 1 aromatic carbocycles. The maximum Gasteiger partial charge on any atom is 0.271 e. The molecular formula is C12H13N5O4S. The summed E-state index contributed by atoms with van der Waals surface area (Å²) in [5.41, 5.74) is -0.306. The number of imidazole rings is 1. The standard InChI is InChI=1S/C12H13N5O4S/c1-3-16-11(19)10(15(2)12(16)22)14-13-8-6-7(17(20)21)4-5-9(8)18/h4-6,18-19H,3H2,1-2H3. The van der Waals surface area contributed by atoms with E-state index in [9.17, 15) is 20.3 Å². The molecule has 2 rings (SSSR count). The summed E-state index contributed by atoms with van der Waals surface area (Å²) in [6, 6.07) is 3.39. The van der Waals surface area contributed by atoms with E-state index >= 15 is 0 Å². The Morgan fingerprint density at radius 1 is 1.36 bits per heavy atom. The van der Waals surface area contributed by atoms with Crippen molar-refractivity contribution in [3.8, 4) is 11.6 Å². The lowest BCUT2D eigenvalue weighted by molar-refractivity contribution is -0.384. The molecule has 0 saturated heterocycles. The fourth-order valence-electron chi connectivity index (χ4n) is 1.84. The van der Waals surface area contributed by atoms with Gasteiger partial charge in [0.1, 0.15) is 11.4 Å².